The molecule has 1 atom stereocenters. The van der Waals surface area contributed by atoms with Crippen LogP contribution in [0.2, 0.25) is 0 Å². The molecule has 5 nitrogen and oxygen atoms in total. The van der Waals surface area contributed by atoms with E-state index in [4.69, 9.17) is 9.47 Å². The Morgan fingerprint density at radius 3 is 2.79 bits per heavy atom. The summed E-state index contributed by atoms with van der Waals surface area (Å²) in [6.07, 6.45) is 6.37. The van der Waals surface area contributed by atoms with Crippen LogP contribution in [0.3, 0.4) is 0 Å². The van der Waals surface area contributed by atoms with Crippen LogP contribution in [0, 0.1) is 0 Å². The van der Waals surface area contributed by atoms with Gasteiger partial charge in [-0.1, -0.05) is 24.3 Å². The second-order valence-corrected chi connectivity index (χ2v) is 7.64. The van der Waals surface area contributed by atoms with Crippen molar-refractivity contribution >= 4 is 16.8 Å². The first-order valence-electron chi connectivity index (χ1n) is 10.2. The van der Waals surface area contributed by atoms with Gasteiger partial charge in [0.1, 0.15) is 0 Å². The van der Waals surface area contributed by atoms with Crippen LogP contribution in [0.1, 0.15) is 30.4 Å². The van der Waals surface area contributed by atoms with E-state index in [0.717, 1.165) is 36.9 Å². The predicted octanol–water partition coefficient (Wildman–Crippen LogP) is 4.35. The summed E-state index contributed by atoms with van der Waals surface area (Å²) in [7, 11) is 3.26. The maximum atomic E-state index is 13.0. The van der Waals surface area contributed by atoms with E-state index < -0.39 is 0 Å². The Hall–Kier alpha value is -2.95. The second-order valence-electron chi connectivity index (χ2n) is 7.64. The topological polar surface area (TPSA) is 54.6 Å². The number of aryl methyl sites for hydroxylation is 1. The van der Waals surface area contributed by atoms with Crippen LogP contribution in [0.25, 0.3) is 10.9 Å². The Morgan fingerprint density at radius 1 is 1.14 bits per heavy atom. The normalized spacial score (nSPS) is 16.3. The Kier molecular flexibility index (Phi) is 5.74. The molecule has 2 heterocycles. The molecule has 1 N–H and O–H groups in total. The molecule has 29 heavy (non-hydrogen) atoms. The van der Waals surface area contributed by atoms with Gasteiger partial charge in [-0.2, -0.15) is 0 Å². The summed E-state index contributed by atoms with van der Waals surface area (Å²) >= 11 is 0. The fourth-order valence-electron chi connectivity index (χ4n) is 4.36. The number of methoxy groups -OCH3 is 2. The molecule has 0 saturated carbocycles. The smallest absolute Gasteiger partial charge is 0.223 e. The fourth-order valence-corrected chi connectivity index (χ4v) is 4.36. The largest absolute Gasteiger partial charge is 0.493 e. The highest BCUT2D eigenvalue weighted by atomic mass is 16.5. The van der Waals surface area contributed by atoms with E-state index >= 15 is 0 Å². The molecule has 5 heteroatoms. The highest BCUT2D eigenvalue weighted by Gasteiger charge is 2.29. The minimum Gasteiger partial charge on any atom is -0.493 e. The summed E-state index contributed by atoms with van der Waals surface area (Å²) < 4.78 is 10.7. The second kappa shape index (κ2) is 8.60. The zero-order chi connectivity index (χ0) is 20.2. The zero-order valence-electron chi connectivity index (χ0n) is 17.1. The van der Waals surface area contributed by atoms with Crippen LogP contribution in [0.15, 0.2) is 48.7 Å². The number of nitrogens with one attached hydrogen (secondary N) is 1. The van der Waals surface area contributed by atoms with Gasteiger partial charge in [-0.3, -0.25) is 4.79 Å². The lowest BCUT2D eigenvalue weighted by molar-refractivity contribution is -0.131. The molecule has 0 radical (unpaired) electrons. The molecule has 0 spiro atoms. The van der Waals surface area contributed by atoms with Crippen molar-refractivity contribution in [2.45, 2.75) is 38.1 Å². The van der Waals surface area contributed by atoms with Crippen molar-refractivity contribution in [3.63, 3.8) is 0 Å². The van der Waals surface area contributed by atoms with E-state index in [0.29, 0.717) is 24.3 Å². The first-order chi connectivity index (χ1) is 14.2. The molecule has 1 aliphatic heterocycles. The summed E-state index contributed by atoms with van der Waals surface area (Å²) in [5.74, 6) is 1.65. The summed E-state index contributed by atoms with van der Waals surface area (Å²) in [6.45, 7) is 0.859. The predicted molar refractivity (Wildman–Crippen MR) is 115 cm³/mol. The number of hydrogen-bond donors (Lipinski definition) is 1. The van der Waals surface area contributed by atoms with Crippen molar-refractivity contribution in [1.29, 1.82) is 0 Å². The number of ether oxygens (including phenoxy) is 2. The van der Waals surface area contributed by atoms with E-state index in [1.54, 1.807) is 14.2 Å². The SMILES string of the molecule is COc1ccc(CCC(=O)N2CCCC2Cc2c[nH]c3ccccc23)cc1OC. The molecule has 1 aromatic heterocycles. The lowest BCUT2D eigenvalue weighted by atomic mass is 10.0. The average molecular weight is 392 g/mol. The number of amides is 1. The van der Waals surface area contributed by atoms with Crippen LogP contribution in [-0.2, 0) is 17.6 Å². The van der Waals surface area contributed by atoms with Crippen molar-refractivity contribution in [2.24, 2.45) is 0 Å². The van der Waals surface area contributed by atoms with Gasteiger partial charge in [0.2, 0.25) is 5.91 Å². The molecule has 1 fully saturated rings. The van der Waals surface area contributed by atoms with Crippen LogP contribution < -0.4 is 9.47 Å². The number of rotatable bonds is 7. The van der Waals surface area contributed by atoms with E-state index in [1.165, 1.54) is 10.9 Å². The van der Waals surface area contributed by atoms with E-state index in [2.05, 4.69) is 34.3 Å². The molecule has 3 aromatic rings. The van der Waals surface area contributed by atoms with Gasteiger partial charge < -0.3 is 19.4 Å². The van der Waals surface area contributed by atoms with Gasteiger partial charge in [0.05, 0.1) is 14.2 Å². The Labute approximate surface area is 171 Å². The van der Waals surface area contributed by atoms with Crippen molar-refractivity contribution in [3.8, 4) is 11.5 Å². The number of aromatic amines is 1. The molecule has 4 rings (SSSR count). The number of carbonyl (C=O) groups excluding carboxylic acids is 1. The van der Waals surface area contributed by atoms with Gasteiger partial charge in [-0.15, -0.1) is 0 Å². The van der Waals surface area contributed by atoms with Crippen molar-refractivity contribution in [1.82, 2.24) is 9.88 Å². The third-order valence-electron chi connectivity index (χ3n) is 5.90. The third kappa shape index (κ3) is 4.09. The Balaban J connectivity index is 1.40. The maximum absolute atomic E-state index is 13.0. The summed E-state index contributed by atoms with van der Waals surface area (Å²) in [4.78, 5) is 18.4. The molecule has 1 unspecified atom stereocenters. The van der Waals surface area contributed by atoms with E-state index in [-0.39, 0.29) is 11.9 Å². The highest BCUT2D eigenvalue weighted by Crippen LogP contribution is 2.29. The van der Waals surface area contributed by atoms with Gasteiger partial charge in [-0.25, -0.2) is 0 Å². The Bertz CT molecular complexity index is 995. The number of aromatic nitrogens is 1. The molecule has 2 aromatic carbocycles. The number of hydrogen-bond acceptors (Lipinski definition) is 3. The number of para-hydroxylation sites is 1. The number of likely N-dealkylation sites (tertiary alicyclic amines) is 1. The molecular weight excluding hydrogens is 364 g/mol. The average Bonchev–Trinajstić information content (AvgIpc) is 3.39. The van der Waals surface area contributed by atoms with Gasteiger partial charge in [0.25, 0.3) is 0 Å². The fraction of sp³-hybridized carbons (Fsp3) is 0.375. The lowest BCUT2D eigenvalue weighted by Gasteiger charge is -2.25. The number of nitrogens with zero attached hydrogens (tertiary/aromatic N) is 1. The van der Waals surface area contributed by atoms with Gasteiger partial charge >= 0.3 is 0 Å². The number of carbonyl (C=O) groups is 1. The molecule has 1 amide bonds. The Morgan fingerprint density at radius 2 is 1.97 bits per heavy atom. The summed E-state index contributed by atoms with van der Waals surface area (Å²) in [5, 5.41) is 1.26. The first kappa shape index (κ1) is 19.4. The van der Waals surface area contributed by atoms with Crippen molar-refractivity contribution in [3.05, 3.63) is 59.8 Å². The minimum absolute atomic E-state index is 0.238. The number of benzene rings is 2. The van der Waals surface area contributed by atoms with Crippen LogP contribution in [0.5, 0.6) is 11.5 Å². The quantitative estimate of drug-likeness (QED) is 0.650. The molecular formula is C24H28N2O3. The van der Waals surface area contributed by atoms with Crippen molar-refractivity contribution in [2.75, 3.05) is 20.8 Å². The standard InChI is InChI=1S/C24H28N2O3/c1-28-22-11-9-17(14-23(22)29-2)10-12-24(27)26-13-5-6-19(26)15-18-16-25-21-8-4-3-7-20(18)21/h3-4,7-9,11,14,16,19,25H,5-6,10,12-13,15H2,1-2H3. The molecule has 152 valence electrons. The maximum Gasteiger partial charge on any atom is 0.223 e. The number of H-pyrrole nitrogens is 1. The highest BCUT2D eigenvalue weighted by molar-refractivity contribution is 5.83. The van der Waals surface area contributed by atoms with Crippen molar-refractivity contribution < 1.29 is 14.3 Å². The summed E-state index contributed by atoms with van der Waals surface area (Å²) in [6, 6.07) is 14.5. The monoisotopic (exact) mass is 392 g/mol. The minimum atomic E-state index is 0.238. The van der Waals surface area contributed by atoms with Gasteiger partial charge in [0.15, 0.2) is 11.5 Å². The molecule has 0 bridgehead atoms. The molecule has 1 saturated heterocycles. The number of fused-ring (bicyclic) bond motifs is 1. The van der Waals surface area contributed by atoms with Crippen LogP contribution in [0.4, 0.5) is 0 Å². The molecule has 0 aliphatic carbocycles. The van der Waals surface area contributed by atoms with Gasteiger partial charge in [-0.05, 0) is 55.0 Å². The molecule has 1 aliphatic rings. The first-order valence-corrected chi connectivity index (χ1v) is 10.2. The lowest BCUT2D eigenvalue weighted by Crippen LogP contribution is -2.36. The van der Waals surface area contributed by atoms with E-state index in [9.17, 15) is 4.79 Å². The van der Waals surface area contributed by atoms with Crippen LogP contribution >= 0.6 is 0 Å². The third-order valence-corrected chi connectivity index (χ3v) is 5.90. The zero-order valence-corrected chi connectivity index (χ0v) is 17.1. The van der Waals surface area contributed by atoms with Gasteiger partial charge in [0, 0.05) is 36.1 Å². The summed E-state index contributed by atoms with van der Waals surface area (Å²) in [5.41, 5.74) is 3.54. The van der Waals surface area contributed by atoms with Crippen LogP contribution in [-0.4, -0.2) is 42.6 Å². The van der Waals surface area contributed by atoms with E-state index in [1.807, 2.05) is 24.3 Å².